The minimum atomic E-state index is -0.440. The fourth-order valence-electron chi connectivity index (χ4n) is 1.37. The van der Waals surface area contributed by atoms with Gasteiger partial charge < -0.3 is 0 Å². The quantitative estimate of drug-likeness (QED) is 0.623. The minimum Gasteiger partial charge on any atom is -0.258 e. The molecule has 0 amide bonds. The second kappa shape index (κ2) is 5.29. The summed E-state index contributed by atoms with van der Waals surface area (Å²) in [5.74, 6) is 0. The highest BCUT2D eigenvalue weighted by molar-refractivity contribution is 7.99. The number of para-hydroxylation sites is 1. The van der Waals surface area contributed by atoms with Crippen LogP contribution in [0.25, 0.3) is 0 Å². The van der Waals surface area contributed by atoms with Crippen LogP contribution in [0.2, 0.25) is 0 Å². The lowest BCUT2D eigenvalue weighted by atomic mass is 10.3. The van der Waals surface area contributed by atoms with Crippen molar-refractivity contribution in [2.75, 3.05) is 0 Å². The summed E-state index contributed by atoms with van der Waals surface area (Å²) in [6.45, 7) is 0. The Bertz CT molecular complexity index is 637. The third kappa shape index (κ3) is 2.47. The Hall–Kier alpha value is -2.39. The molecule has 0 N–H and O–H groups in total. The molecule has 0 aliphatic carbocycles. The van der Waals surface area contributed by atoms with Crippen LogP contribution in [0.4, 0.5) is 5.69 Å². The molecule has 0 saturated heterocycles. The summed E-state index contributed by atoms with van der Waals surface area (Å²) in [5, 5.41) is 19.8. The molecule has 5 nitrogen and oxygen atoms in total. The topological polar surface area (TPSA) is 79.8 Å². The number of aromatic nitrogens is 1. The van der Waals surface area contributed by atoms with Crippen molar-refractivity contribution in [3.63, 3.8) is 0 Å². The van der Waals surface area contributed by atoms with Gasteiger partial charge in [-0.1, -0.05) is 23.9 Å². The van der Waals surface area contributed by atoms with Crippen LogP contribution >= 0.6 is 11.8 Å². The number of nitriles is 1. The number of pyridine rings is 1. The zero-order chi connectivity index (χ0) is 13.0. The normalized spacial score (nSPS) is 9.72. The van der Waals surface area contributed by atoms with Gasteiger partial charge in [0.15, 0.2) is 5.69 Å². The van der Waals surface area contributed by atoms with Crippen molar-refractivity contribution in [3.05, 3.63) is 58.4 Å². The van der Waals surface area contributed by atoms with E-state index >= 15 is 0 Å². The highest BCUT2D eigenvalue weighted by Crippen LogP contribution is 2.35. The largest absolute Gasteiger partial charge is 0.283 e. The van der Waals surface area contributed by atoms with E-state index in [1.165, 1.54) is 24.0 Å². The molecule has 0 saturated carbocycles. The van der Waals surface area contributed by atoms with E-state index in [9.17, 15) is 10.1 Å². The van der Waals surface area contributed by atoms with Gasteiger partial charge in [0.2, 0.25) is 0 Å². The molecule has 0 aliphatic heterocycles. The van der Waals surface area contributed by atoms with Gasteiger partial charge in [0.1, 0.15) is 6.07 Å². The number of rotatable bonds is 3. The van der Waals surface area contributed by atoms with Gasteiger partial charge in [-0.05, 0) is 18.2 Å². The summed E-state index contributed by atoms with van der Waals surface area (Å²) in [7, 11) is 0. The van der Waals surface area contributed by atoms with Crippen LogP contribution in [-0.2, 0) is 0 Å². The molecule has 2 rings (SSSR count). The van der Waals surface area contributed by atoms with E-state index in [0.717, 1.165) is 0 Å². The van der Waals surface area contributed by atoms with E-state index < -0.39 is 4.92 Å². The molecule has 1 heterocycles. The Morgan fingerprint density at radius 3 is 2.67 bits per heavy atom. The Balaban J connectivity index is 2.41. The Labute approximate surface area is 107 Å². The van der Waals surface area contributed by atoms with E-state index in [1.807, 2.05) is 6.07 Å². The third-order valence-electron chi connectivity index (χ3n) is 2.16. The Morgan fingerprint density at radius 1 is 1.22 bits per heavy atom. The maximum atomic E-state index is 10.9. The van der Waals surface area contributed by atoms with Crippen LogP contribution in [0.15, 0.2) is 52.4 Å². The zero-order valence-electron chi connectivity index (χ0n) is 9.11. The van der Waals surface area contributed by atoms with Crippen LogP contribution in [0.3, 0.4) is 0 Å². The van der Waals surface area contributed by atoms with Crippen molar-refractivity contribution < 1.29 is 4.92 Å². The van der Waals surface area contributed by atoms with Gasteiger partial charge in [-0.15, -0.1) is 0 Å². The van der Waals surface area contributed by atoms with Crippen LogP contribution in [-0.4, -0.2) is 9.91 Å². The first-order chi connectivity index (χ1) is 8.72. The molecule has 2 aromatic rings. The molecule has 0 fully saturated rings. The van der Waals surface area contributed by atoms with Crippen LogP contribution in [0, 0.1) is 21.4 Å². The fourth-order valence-corrected chi connectivity index (χ4v) is 2.34. The first-order valence-corrected chi connectivity index (χ1v) is 5.80. The molecular formula is C12H7N3O2S. The van der Waals surface area contributed by atoms with Crippen LogP contribution in [0.1, 0.15) is 5.69 Å². The molecule has 0 bridgehead atoms. The average Bonchev–Trinajstić information content (AvgIpc) is 2.40. The number of hydrogen-bond donors (Lipinski definition) is 0. The first kappa shape index (κ1) is 12.1. The van der Waals surface area contributed by atoms with Gasteiger partial charge in [0.25, 0.3) is 5.69 Å². The predicted molar refractivity (Wildman–Crippen MR) is 66.2 cm³/mol. The number of nitrogens with zero attached hydrogens (tertiary/aromatic N) is 3. The molecule has 88 valence electrons. The van der Waals surface area contributed by atoms with Gasteiger partial charge in [-0.3, -0.25) is 10.1 Å². The van der Waals surface area contributed by atoms with Crippen LogP contribution in [0.5, 0.6) is 0 Å². The lowest BCUT2D eigenvalue weighted by molar-refractivity contribution is -0.387. The van der Waals surface area contributed by atoms with Crippen molar-refractivity contribution in [2.45, 2.75) is 9.79 Å². The number of hydrogen-bond acceptors (Lipinski definition) is 5. The van der Waals surface area contributed by atoms with Crippen molar-refractivity contribution in [1.82, 2.24) is 4.98 Å². The average molecular weight is 257 g/mol. The van der Waals surface area contributed by atoms with E-state index in [1.54, 1.807) is 30.3 Å². The van der Waals surface area contributed by atoms with E-state index in [-0.39, 0.29) is 11.4 Å². The second-order valence-electron chi connectivity index (χ2n) is 3.29. The van der Waals surface area contributed by atoms with Crippen molar-refractivity contribution in [3.8, 4) is 6.07 Å². The molecule has 0 atom stereocenters. The minimum absolute atomic E-state index is 0.0234. The third-order valence-corrected chi connectivity index (χ3v) is 3.27. The molecule has 0 unspecified atom stereocenters. The van der Waals surface area contributed by atoms with Crippen LogP contribution < -0.4 is 0 Å². The van der Waals surface area contributed by atoms with E-state index in [2.05, 4.69) is 4.98 Å². The molecule has 18 heavy (non-hydrogen) atoms. The number of nitro benzene ring substituents is 1. The summed E-state index contributed by atoms with van der Waals surface area (Å²) in [6, 6.07) is 11.8. The summed E-state index contributed by atoms with van der Waals surface area (Å²) in [5.41, 5.74) is 0.288. The SMILES string of the molecule is N#Cc1ncccc1Sc1ccccc1[N+](=O)[O-]. The highest BCUT2D eigenvalue weighted by Gasteiger charge is 2.15. The Kier molecular flexibility index (Phi) is 3.55. The lowest BCUT2D eigenvalue weighted by Crippen LogP contribution is -1.91. The van der Waals surface area contributed by atoms with Gasteiger partial charge in [-0.25, -0.2) is 4.98 Å². The summed E-state index contributed by atoms with van der Waals surface area (Å²) in [4.78, 5) is 15.5. The van der Waals surface area contributed by atoms with Gasteiger partial charge in [0, 0.05) is 17.2 Å². The smallest absolute Gasteiger partial charge is 0.258 e. The fraction of sp³-hybridized carbons (Fsp3) is 0. The van der Waals surface area contributed by atoms with Crippen molar-refractivity contribution in [1.29, 1.82) is 5.26 Å². The second-order valence-corrected chi connectivity index (χ2v) is 4.37. The lowest BCUT2D eigenvalue weighted by Gasteiger charge is -2.03. The maximum absolute atomic E-state index is 10.9. The van der Waals surface area contributed by atoms with Gasteiger partial charge in [0.05, 0.1) is 9.82 Å². The monoisotopic (exact) mass is 257 g/mol. The van der Waals surface area contributed by atoms with E-state index in [0.29, 0.717) is 9.79 Å². The molecular weight excluding hydrogens is 250 g/mol. The predicted octanol–water partition coefficient (Wildman–Crippen LogP) is 3.01. The highest BCUT2D eigenvalue weighted by atomic mass is 32.2. The van der Waals surface area contributed by atoms with Crippen molar-refractivity contribution in [2.24, 2.45) is 0 Å². The zero-order valence-corrected chi connectivity index (χ0v) is 9.92. The van der Waals surface area contributed by atoms with Gasteiger partial charge >= 0.3 is 0 Å². The van der Waals surface area contributed by atoms with Gasteiger partial charge in [-0.2, -0.15) is 5.26 Å². The molecule has 1 aromatic carbocycles. The molecule has 0 aliphatic rings. The summed E-state index contributed by atoms with van der Waals surface area (Å²) >= 11 is 1.17. The standard InChI is InChI=1S/C12H7N3O2S/c13-8-9-11(6-3-7-14-9)18-12-5-2-1-4-10(12)15(16)17/h1-7H. The first-order valence-electron chi connectivity index (χ1n) is 4.99. The van der Waals surface area contributed by atoms with E-state index in [4.69, 9.17) is 5.26 Å². The number of nitro groups is 1. The van der Waals surface area contributed by atoms with Crippen molar-refractivity contribution >= 4 is 17.4 Å². The molecule has 0 radical (unpaired) electrons. The Morgan fingerprint density at radius 2 is 1.94 bits per heavy atom. The molecule has 0 spiro atoms. The molecule has 1 aromatic heterocycles. The molecule has 6 heteroatoms. The maximum Gasteiger partial charge on any atom is 0.283 e. The summed E-state index contributed by atoms with van der Waals surface area (Å²) in [6.07, 6.45) is 1.52. The summed E-state index contributed by atoms with van der Waals surface area (Å²) < 4.78 is 0. The number of benzene rings is 1.